The van der Waals surface area contributed by atoms with E-state index in [1.807, 2.05) is 31.2 Å². The molecule has 0 radical (unpaired) electrons. The molecule has 1 unspecified atom stereocenters. The highest BCUT2D eigenvalue weighted by Crippen LogP contribution is 2.09. The molecule has 0 aliphatic carbocycles. The summed E-state index contributed by atoms with van der Waals surface area (Å²) in [7, 11) is 0. The molecule has 1 atom stereocenters. The summed E-state index contributed by atoms with van der Waals surface area (Å²) in [4.78, 5) is 12.1. The highest BCUT2D eigenvalue weighted by atomic mass is 16.1. The number of benzene rings is 1. The van der Waals surface area contributed by atoms with Gasteiger partial charge in [-0.15, -0.1) is 0 Å². The molecule has 0 spiro atoms. The largest absolute Gasteiger partial charge is 0.350 e. The Hall–Kier alpha value is -1.31. The van der Waals surface area contributed by atoms with Crippen LogP contribution in [-0.4, -0.2) is 11.9 Å². The first kappa shape index (κ1) is 14.7. The van der Waals surface area contributed by atoms with Crippen molar-refractivity contribution in [2.45, 2.75) is 58.9 Å². The zero-order chi connectivity index (χ0) is 13.4. The maximum Gasteiger partial charge on any atom is 0.251 e. The number of amides is 1. The molecule has 18 heavy (non-hydrogen) atoms. The second-order valence-corrected chi connectivity index (χ2v) is 5.04. The fraction of sp³-hybridized carbons (Fsp3) is 0.562. The number of carbonyl (C=O) groups is 1. The minimum atomic E-state index is 0.0519. The molecule has 0 aliphatic rings. The molecule has 1 N–H and O–H groups in total. The predicted molar refractivity (Wildman–Crippen MR) is 76.9 cm³/mol. The SMILES string of the molecule is CCCCCCC(C)NC(=O)c1ccccc1C. The third-order valence-corrected chi connectivity index (χ3v) is 3.26. The van der Waals surface area contributed by atoms with Crippen molar-refractivity contribution in [3.8, 4) is 0 Å². The third-order valence-electron chi connectivity index (χ3n) is 3.26. The van der Waals surface area contributed by atoms with Crippen LogP contribution in [0, 0.1) is 6.92 Å². The Labute approximate surface area is 111 Å². The van der Waals surface area contributed by atoms with Crippen LogP contribution in [0.3, 0.4) is 0 Å². The average Bonchev–Trinajstić information content (AvgIpc) is 2.35. The number of rotatable bonds is 7. The summed E-state index contributed by atoms with van der Waals surface area (Å²) >= 11 is 0. The second kappa shape index (κ2) is 7.91. The Morgan fingerprint density at radius 1 is 1.22 bits per heavy atom. The van der Waals surface area contributed by atoms with Gasteiger partial charge in [0.05, 0.1) is 0 Å². The first-order valence-electron chi connectivity index (χ1n) is 7.01. The van der Waals surface area contributed by atoms with E-state index >= 15 is 0 Å². The predicted octanol–water partition coefficient (Wildman–Crippen LogP) is 4.08. The molecule has 0 aliphatic heterocycles. The molecule has 2 heteroatoms. The van der Waals surface area contributed by atoms with E-state index in [0.717, 1.165) is 17.5 Å². The molecule has 0 heterocycles. The first-order chi connectivity index (χ1) is 8.65. The zero-order valence-electron chi connectivity index (χ0n) is 11.8. The molecule has 0 saturated carbocycles. The lowest BCUT2D eigenvalue weighted by atomic mass is 10.1. The lowest BCUT2D eigenvalue weighted by molar-refractivity contribution is 0.0937. The number of carbonyl (C=O) groups excluding carboxylic acids is 1. The van der Waals surface area contributed by atoms with Crippen molar-refractivity contribution in [2.75, 3.05) is 0 Å². The van der Waals surface area contributed by atoms with Crippen molar-refractivity contribution < 1.29 is 4.79 Å². The van der Waals surface area contributed by atoms with E-state index in [0.29, 0.717) is 0 Å². The van der Waals surface area contributed by atoms with Crippen molar-refractivity contribution in [3.05, 3.63) is 35.4 Å². The number of unbranched alkanes of at least 4 members (excludes halogenated alkanes) is 3. The van der Waals surface area contributed by atoms with E-state index in [9.17, 15) is 4.79 Å². The minimum absolute atomic E-state index is 0.0519. The summed E-state index contributed by atoms with van der Waals surface area (Å²) in [5.74, 6) is 0.0519. The average molecular weight is 247 g/mol. The van der Waals surface area contributed by atoms with Crippen molar-refractivity contribution >= 4 is 5.91 Å². The number of aryl methyl sites for hydroxylation is 1. The Kier molecular flexibility index (Phi) is 6.48. The summed E-state index contributed by atoms with van der Waals surface area (Å²) in [6.07, 6.45) is 6.07. The highest BCUT2D eigenvalue weighted by molar-refractivity contribution is 5.95. The summed E-state index contributed by atoms with van der Waals surface area (Å²) in [5.41, 5.74) is 1.83. The van der Waals surface area contributed by atoms with Gasteiger partial charge < -0.3 is 5.32 Å². The van der Waals surface area contributed by atoms with Crippen LogP contribution in [0.15, 0.2) is 24.3 Å². The van der Waals surface area contributed by atoms with E-state index in [1.54, 1.807) is 0 Å². The quantitative estimate of drug-likeness (QED) is 0.723. The maximum atomic E-state index is 12.1. The fourth-order valence-electron chi connectivity index (χ4n) is 2.08. The molecule has 0 saturated heterocycles. The van der Waals surface area contributed by atoms with Gasteiger partial charge in [-0.05, 0) is 31.9 Å². The van der Waals surface area contributed by atoms with Gasteiger partial charge >= 0.3 is 0 Å². The molecule has 0 bridgehead atoms. The molecule has 1 aromatic carbocycles. The Morgan fingerprint density at radius 3 is 2.61 bits per heavy atom. The first-order valence-corrected chi connectivity index (χ1v) is 7.01. The summed E-state index contributed by atoms with van der Waals surface area (Å²) in [6.45, 7) is 6.27. The van der Waals surface area contributed by atoms with E-state index in [4.69, 9.17) is 0 Å². The van der Waals surface area contributed by atoms with Crippen LogP contribution >= 0.6 is 0 Å². The van der Waals surface area contributed by atoms with Gasteiger partial charge in [-0.3, -0.25) is 4.79 Å². The number of hydrogen-bond acceptors (Lipinski definition) is 1. The van der Waals surface area contributed by atoms with Crippen molar-refractivity contribution in [3.63, 3.8) is 0 Å². The van der Waals surface area contributed by atoms with Crippen LogP contribution in [0.2, 0.25) is 0 Å². The van der Waals surface area contributed by atoms with Gasteiger partial charge in [0.1, 0.15) is 0 Å². The van der Waals surface area contributed by atoms with E-state index < -0.39 is 0 Å². The topological polar surface area (TPSA) is 29.1 Å². The minimum Gasteiger partial charge on any atom is -0.350 e. The maximum absolute atomic E-state index is 12.1. The zero-order valence-corrected chi connectivity index (χ0v) is 11.8. The van der Waals surface area contributed by atoms with Crippen LogP contribution in [0.25, 0.3) is 0 Å². The van der Waals surface area contributed by atoms with Gasteiger partial charge in [-0.2, -0.15) is 0 Å². The van der Waals surface area contributed by atoms with E-state index in [1.165, 1.54) is 25.7 Å². The highest BCUT2D eigenvalue weighted by Gasteiger charge is 2.10. The second-order valence-electron chi connectivity index (χ2n) is 5.04. The molecule has 1 amide bonds. The van der Waals surface area contributed by atoms with Crippen LogP contribution in [0.5, 0.6) is 0 Å². The summed E-state index contributed by atoms with van der Waals surface area (Å²) in [6, 6.07) is 7.98. The standard InChI is InChI=1S/C16H25NO/c1-4-5-6-7-11-14(3)17-16(18)15-12-9-8-10-13(15)2/h8-10,12,14H,4-7,11H2,1-3H3,(H,17,18). The van der Waals surface area contributed by atoms with Crippen LogP contribution < -0.4 is 5.32 Å². The van der Waals surface area contributed by atoms with Gasteiger partial charge in [0.25, 0.3) is 5.91 Å². The normalized spacial score (nSPS) is 12.2. The molecule has 1 aromatic rings. The van der Waals surface area contributed by atoms with Crippen LogP contribution in [0.4, 0.5) is 0 Å². The molecule has 1 rings (SSSR count). The van der Waals surface area contributed by atoms with Gasteiger partial charge in [0, 0.05) is 11.6 Å². The number of hydrogen-bond donors (Lipinski definition) is 1. The van der Waals surface area contributed by atoms with Crippen LogP contribution in [0.1, 0.15) is 61.9 Å². The Bertz CT molecular complexity index is 373. The lowest BCUT2D eigenvalue weighted by Crippen LogP contribution is -2.32. The van der Waals surface area contributed by atoms with Crippen molar-refractivity contribution in [2.24, 2.45) is 0 Å². The summed E-state index contributed by atoms with van der Waals surface area (Å²) in [5, 5.41) is 3.07. The van der Waals surface area contributed by atoms with Gasteiger partial charge in [0.15, 0.2) is 0 Å². The van der Waals surface area contributed by atoms with Gasteiger partial charge in [0.2, 0.25) is 0 Å². The van der Waals surface area contributed by atoms with E-state index in [-0.39, 0.29) is 11.9 Å². The molecular weight excluding hydrogens is 222 g/mol. The molecular formula is C16H25NO. The third kappa shape index (κ3) is 4.91. The Balaban J connectivity index is 2.38. The molecule has 0 aromatic heterocycles. The molecule has 100 valence electrons. The number of nitrogens with one attached hydrogen (secondary N) is 1. The van der Waals surface area contributed by atoms with Gasteiger partial charge in [-0.1, -0.05) is 50.8 Å². The Morgan fingerprint density at radius 2 is 1.94 bits per heavy atom. The van der Waals surface area contributed by atoms with Crippen molar-refractivity contribution in [1.29, 1.82) is 0 Å². The van der Waals surface area contributed by atoms with E-state index in [2.05, 4.69) is 19.2 Å². The van der Waals surface area contributed by atoms with Crippen molar-refractivity contribution in [1.82, 2.24) is 5.32 Å². The molecule has 0 fully saturated rings. The summed E-state index contributed by atoms with van der Waals surface area (Å²) < 4.78 is 0. The fourth-order valence-corrected chi connectivity index (χ4v) is 2.08. The smallest absolute Gasteiger partial charge is 0.251 e. The van der Waals surface area contributed by atoms with Gasteiger partial charge in [-0.25, -0.2) is 0 Å². The monoisotopic (exact) mass is 247 g/mol. The lowest BCUT2D eigenvalue weighted by Gasteiger charge is -2.14. The molecule has 2 nitrogen and oxygen atoms in total. The van der Waals surface area contributed by atoms with Crippen LogP contribution in [-0.2, 0) is 0 Å².